The van der Waals surface area contributed by atoms with Crippen LogP contribution in [-0.2, 0) is 0 Å². The summed E-state index contributed by atoms with van der Waals surface area (Å²) in [5.41, 5.74) is 1.13. The highest BCUT2D eigenvalue weighted by Gasteiger charge is 2.13. The lowest BCUT2D eigenvalue weighted by Crippen LogP contribution is -2.10. The van der Waals surface area contributed by atoms with Crippen LogP contribution in [0.3, 0.4) is 0 Å². The molecule has 0 aliphatic carbocycles. The minimum absolute atomic E-state index is 0.509. The van der Waals surface area contributed by atoms with Gasteiger partial charge in [0.05, 0.1) is 13.2 Å². The summed E-state index contributed by atoms with van der Waals surface area (Å²) in [6.45, 7) is 10.1. The van der Waals surface area contributed by atoms with Gasteiger partial charge in [-0.25, -0.2) is 0 Å². The quantitative estimate of drug-likeness (QED) is 0.525. The molecule has 23 heavy (non-hydrogen) atoms. The highest BCUT2D eigenvalue weighted by Crippen LogP contribution is 2.36. The minimum Gasteiger partial charge on any atom is -0.493 e. The van der Waals surface area contributed by atoms with Crippen molar-refractivity contribution in [3.8, 4) is 11.5 Å². The largest absolute Gasteiger partial charge is 0.493 e. The molecule has 0 saturated carbocycles. The van der Waals surface area contributed by atoms with Crippen LogP contribution in [0.15, 0.2) is 30.3 Å². The van der Waals surface area contributed by atoms with E-state index in [4.69, 9.17) is 9.47 Å². The summed E-state index contributed by atoms with van der Waals surface area (Å²) in [5, 5.41) is 3.28. The maximum absolute atomic E-state index is 6.12. The molecule has 0 radical (unpaired) electrons. The lowest BCUT2D eigenvalue weighted by atomic mass is 10.0. The average Bonchev–Trinajstić information content (AvgIpc) is 2.52. The first kappa shape index (κ1) is 18.1. The van der Waals surface area contributed by atoms with Gasteiger partial charge in [0.15, 0.2) is 0 Å². The first-order chi connectivity index (χ1) is 11.0. The molecule has 0 spiro atoms. The predicted octanol–water partition coefficient (Wildman–Crippen LogP) is 5.98. The molecule has 3 heteroatoms. The number of halogens is 1. The lowest BCUT2D eigenvalue weighted by molar-refractivity contribution is 0.258. The van der Waals surface area contributed by atoms with Crippen LogP contribution in [-0.4, -0.2) is 18.5 Å². The summed E-state index contributed by atoms with van der Waals surface area (Å²) in [6.07, 6.45) is 1.12. The smallest absolute Gasteiger partial charge is 0.130 e. The first-order valence-corrected chi connectivity index (χ1v) is 9.49. The van der Waals surface area contributed by atoms with Crippen molar-refractivity contribution in [3.05, 3.63) is 35.9 Å². The van der Waals surface area contributed by atoms with Crippen LogP contribution in [0.2, 0.25) is 0 Å². The second kappa shape index (κ2) is 8.58. The number of benzene rings is 2. The van der Waals surface area contributed by atoms with Crippen molar-refractivity contribution in [1.82, 2.24) is 0 Å². The number of aryl methyl sites for hydroxylation is 1. The Morgan fingerprint density at radius 2 is 1.70 bits per heavy atom. The summed E-state index contributed by atoms with van der Waals surface area (Å²) in [6, 6.07) is 10.5. The molecule has 1 atom stereocenters. The third-order valence-electron chi connectivity index (χ3n) is 3.83. The van der Waals surface area contributed by atoms with Gasteiger partial charge in [0, 0.05) is 16.1 Å². The van der Waals surface area contributed by atoms with Crippen LogP contribution in [0, 0.1) is 18.8 Å². The molecular weight excluding hydrogens is 352 g/mol. The monoisotopic (exact) mass is 378 g/mol. The fraction of sp³-hybridized carbons (Fsp3) is 0.500. The SMILES string of the molecule is Cc1cc(OCC(C)CCBr)c2ccccc2c1OCC(C)C. The van der Waals surface area contributed by atoms with Gasteiger partial charge in [-0.05, 0) is 36.8 Å². The number of rotatable bonds is 8. The molecule has 0 aromatic heterocycles. The Balaban J connectivity index is 2.31. The van der Waals surface area contributed by atoms with Gasteiger partial charge in [-0.1, -0.05) is 61.0 Å². The molecular formula is C20H27BrO2. The highest BCUT2D eigenvalue weighted by molar-refractivity contribution is 9.09. The highest BCUT2D eigenvalue weighted by atomic mass is 79.9. The standard InChI is InChI=1S/C20H27BrO2/c1-14(2)12-23-20-16(4)11-19(22-13-15(3)9-10-21)17-7-5-6-8-18(17)20/h5-8,11,14-15H,9-10,12-13H2,1-4H3. The van der Waals surface area contributed by atoms with E-state index in [1.165, 1.54) is 0 Å². The molecule has 0 aliphatic rings. The van der Waals surface area contributed by atoms with Crippen molar-refractivity contribution in [2.45, 2.75) is 34.1 Å². The molecule has 2 nitrogen and oxygen atoms in total. The van der Waals surface area contributed by atoms with Crippen molar-refractivity contribution in [1.29, 1.82) is 0 Å². The van der Waals surface area contributed by atoms with Gasteiger partial charge < -0.3 is 9.47 Å². The van der Waals surface area contributed by atoms with E-state index in [1.54, 1.807) is 0 Å². The summed E-state index contributed by atoms with van der Waals surface area (Å²) in [4.78, 5) is 0. The first-order valence-electron chi connectivity index (χ1n) is 8.36. The molecule has 2 aromatic carbocycles. The number of hydrogen-bond donors (Lipinski definition) is 0. The zero-order chi connectivity index (χ0) is 16.8. The molecule has 0 heterocycles. The number of ether oxygens (including phenoxy) is 2. The van der Waals surface area contributed by atoms with Crippen molar-refractivity contribution >= 4 is 26.7 Å². The number of hydrogen-bond acceptors (Lipinski definition) is 2. The van der Waals surface area contributed by atoms with Gasteiger partial charge in [0.1, 0.15) is 11.5 Å². The fourth-order valence-corrected chi connectivity index (χ4v) is 3.29. The topological polar surface area (TPSA) is 18.5 Å². The lowest BCUT2D eigenvalue weighted by Gasteiger charge is -2.18. The fourth-order valence-electron chi connectivity index (χ4n) is 2.51. The van der Waals surface area contributed by atoms with Crippen molar-refractivity contribution < 1.29 is 9.47 Å². The van der Waals surface area contributed by atoms with Crippen LogP contribution in [0.1, 0.15) is 32.8 Å². The van der Waals surface area contributed by atoms with Gasteiger partial charge in [-0.15, -0.1) is 0 Å². The molecule has 0 aliphatic heterocycles. The molecule has 0 amide bonds. The van der Waals surface area contributed by atoms with Gasteiger partial charge in [0.25, 0.3) is 0 Å². The molecule has 0 bridgehead atoms. The van der Waals surface area contributed by atoms with Crippen molar-refractivity contribution in [2.24, 2.45) is 11.8 Å². The number of fused-ring (bicyclic) bond motifs is 1. The number of alkyl halides is 1. The van der Waals surface area contributed by atoms with E-state index >= 15 is 0 Å². The van der Waals surface area contributed by atoms with Crippen LogP contribution in [0.5, 0.6) is 11.5 Å². The normalized spacial score (nSPS) is 12.6. The van der Waals surface area contributed by atoms with E-state index in [2.05, 4.69) is 74.0 Å². The predicted molar refractivity (Wildman–Crippen MR) is 102 cm³/mol. The van der Waals surface area contributed by atoms with Crippen LogP contribution >= 0.6 is 15.9 Å². The third-order valence-corrected chi connectivity index (χ3v) is 4.29. The Labute approximate surface area is 148 Å². The Bertz CT molecular complexity index is 637. The Hall–Kier alpha value is -1.22. The Kier molecular flexibility index (Phi) is 6.76. The van der Waals surface area contributed by atoms with E-state index in [0.717, 1.165) is 52.8 Å². The molecule has 2 aromatic rings. The zero-order valence-electron chi connectivity index (χ0n) is 14.6. The Morgan fingerprint density at radius 1 is 1.00 bits per heavy atom. The van der Waals surface area contributed by atoms with Crippen molar-refractivity contribution in [2.75, 3.05) is 18.5 Å². The third kappa shape index (κ3) is 4.87. The van der Waals surface area contributed by atoms with E-state index in [9.17, 15) is 0 Å². The van der Waals surface area contributed by atoms with Crippen LogP contribution in [0.4, 0.5) is 0 Å². The van der Waals surface area contributed by atoms with E-state index in [0.29, 0.717) is 11.8 Å². The summed E-state index contributed by atoms with van der Waals surface area (Å²) < 4.78 is 12.2. The van der Waals surface area contributed by atoms with E-state index in [1.807, 2.05) is 0 Å². The summed E-state index contributed by atoms with van der Waals surface area (Å²) in [5.74, 6) is 2.98. The Morgan fingerprint density at radius 3 is 2.35 bits per heavy atom. The van der Waals surface area contributed by atoms with Crippen molar-refractivity contribution in [3.63, 3.8) is 0 Å². The summed E-state index contributed by atoms with van der Waals surface area (Å²) >= 11 is 3.49. The molecule has 126 valence electrons. The van der Waals surface area contributed by atoms with Gasteiger partial charge in [-0.3, -0.25) is 0 Å². The van der Waals surface area contributed by atoms with Gasteiger partial charge in [-0.2, -0.15) is 0 Å². The van der Waals surface area contributed by atoms with Gasteiger partial charge in [0.2, 0.25) is 0 Å². The molecule has 0 saturated heterocycles. The van der Waals surface area contributed by atoms with E-state index < -0.39 is 0 Å². The van der Waals surface area contributed by atoms with Crippen LogP contribution in [0.25, 0.3) is 10.8 Å². The second-order valence-corrected chi connectivity index (χ2v) is 7.46. The average molecular weight is 379 g/mol. The minimum atomic E-state index is 0.509. The summed E-state index contributed by atoms with van der Waals surface area (Å²) in [7, 11) is 0. The maximum atomic E-state index is 6.12. The van der Waals surface area contributed by atoms with Crippen LogP contribution < -0.4 is 9.47 Å². The second-order valence-electron chi connectivity index (χ2n) is 6.66. The molecule has 0 N–H and O–H groups in total. The molecule has 0 fully saturated rings. The van der Waals surface area contributed by atoms with Gasteiger partial charge >= 0.3 is 0 Å². The van der Waals surface area contributed by atoms with E-state index in [-0.39, 0.29) is 0 Å². The maximum Gasteiger partial charge on any atom is 0.130 e. The molecule has 1 unspecified atom stereocenters. The zero-order valence-corrected chi connectivity index (χ0v) is 16.2. The molecule has 2 rings (SSSR count).